The van der Waals surface area contributed by atoms with Crippen LogP contribution in [0.3, 0.4) is 0 Å². The van der Waals surface area contributed by atoms with Crippen LogP contribution >= 0.6 is 0 Å². The van der Waals surface area contributed by atoms with Crippen LogP contribution in [0.1, 0.15) is 45.7 Å². The summed E-state index contributed by atoms with van der Waals surface area (Å²) in [5.41, 5.74) is 2.96. The molecule has 1 aliphatic heterocycles. The van der Waals surface area contributed by atoms with Crippen LogP contribution in [-0.4, -0.2) is 30.6 Å². The molecular weight excluding hydrogens is 261 g/mol. The molecule has 1 heterocycles. The van der Waals surface area contributed by atoms with Crippen molar-refractivity contribution in [1.29, 1.82) is 0 Å². The predicted molar refractivity (Wildman–Crippen MR) is 70.9 cm³/mol. The van der Waals surface area contributed by atoms with Crippen molar-refractivity contribution >= 4 is 20.1 Å². The van der Waals surface area contributed by atoms with Gasteiger partial charge in [-0.1, -0.05) is 0 Å². The maximum absolute atomic E-state index is 3.25. The molecule has 2 rings (SSSR count). The zero-order chi connectivity index (χ0) is 12.1. The van der Waals surface area contributed by atoms with Crippen LogP contribution < -0.4 is 0 Å². The Hall–Kier alpha value is -0.591. The van der Waals surface area contributed by atoms with E-state index in [0.29, 0.717) is 0 Å². The van der Waals surface area contributed by atoms with E-state index in [0.717, 1.165) is 0 Å². The molecule has 0 aromatic heterocycles. The maximum atomic E-state index is 3.25. The van der Waals surface area contributed by atoms with Gasteiger partial charge in [0.25, 0.3) is 0 Å². The van der Waals surface area contributed by atoms with Crippen molar-refractivity contribution in [2.24, 2.45) is 0 Å². The number of nitrogens with zero attached hydrogens (tertiary/aromatic N) is 1. The average Bonchev–Trinajstić information content (AvgIpc) is 2.34. The first-order chi connectivity index (χ1) is 7.26. The fraction of sp³-hybridized carbons (Fsp3) is 0.500. The number of fused-ring (bicyclic) bond motifs is 1. The molecule has 1 aliphatic rings. The monoisotopic (exact) mass is 281 g/mol. The van der Waals surface area contributed by atoms with Gasteiger partial charge in [-0.05, 0) is 0 Å². The van der Waals surface area contributed by atoms with Gasteiger partial charge in [0.05, 0.1) is 0 Å². The first kappa shape index (κ1) is 11.9. The van der Waals surface area contributed by atoms with Gasteiger partial charge in [0, 0.05) is 0 Å². The Bertz CT molecular complexity index is 440. The molecule has 0 N–H and O–H groups in total. The van der Waals surface area contributed by atoms with Crippen LogP contribution in [0, 0.1) is 0 Å². The number of benzene rings is 1. The molecule has 16 heavy (non-hydrogen) atoms. The minimum atomic E-state index is 0.0649. The molecular formula is C14H19NSe. The first-order valence-corrected chi connectivity index (χ1v) is 6.56. The summed E-state index contributed by atoms with van der Waals surface area (Å²) in [4.78, 5) is 2.48. The molecule has 1 nitrogen and oxygen atoms in total. The third-order valence-electron chi connectivity index (χ3n) is 3.25. The molecule has 0 bridgehead atoms. The SMILES string of the molecule is CC(C)(C)N1C(=[Se])c2ccccc2C1(C)C. The molecule has 0 unspecified atom stereocenters. The van der Waals surface area contributed by atoms with Gasteiger partial charge in [0.15, 0.2) is 0 Å². The van der Waals surface area contributed by atoms with Gasteiger partial charge in [-0.25, -0.2) is 0 Å². The van der Waals surface area contributed by atoms with Gasteiger partial charge in [-0.15, -0.1) is 0 Å². The van der Waals surface area contributed by atoms with Gasteiger partial charge in [0.2, 0.25) is 0 Å². The van der Waals surface area contributed by atoms with Crippen LogP contribution in [-0.2, 0) is 5.54 Å². The standard InChI is InChI=1S/C14H19NSe/c1-13(2,3)15-12(16)10-8-6-7-9-11(10)14(15,4)5/h6-9H,1-5H3. The molecule has 0 radical (unpaired) electrons. The molecule has 1 aromatic rings. The Balaban J connectivity index is 2.62. The summed E-state index contributed by atoms with van der Waals surface area (Å²) in [6.07, 6.45) is 0. The third-order valence-corrected chi connectivity index (χ3v) is 4.09. The van der Waals surface area contributed by atoms with Gasteiger partial charge in [0.1, 0.15) is 0 Å². The second-order valence-corrected chi connectivity index (χ2v) is 6.73. The fourth-order valence-electron chi connectivity index (χ4n) is 2.84. The summed E-state index contributed by atoms with van der Waals surface area (Å²) in [5, 5.41) is 0. The summed E-state index contributed by atoms with van der Waals surface area (Å²) in [5.74, 6) is 0. The minimum absolute atomic E-state index is 0.0649. The van der Waals surface area contributed by atoms with Crippen molar-refractivity contribution in [2.75, 3.05) is 0 Å². The van der Waals surface area contributed by atoms with Crippen molar-refractivity contribution in [2.45, 2.75) is 45.7 Å². The van der Waals surface area contributed by atoms with Crippen LogP contribution in [0.15, 0.2) is 24.3 Å². The normalized spacial score (nSPS) is 18.8. The summed E-state index contributed by atoms with van der Waals surface area (Å²) in [6.45, 7) is 11.4. The molecule has 0 aliphatic carbocycles. The summed E-state index contributed by atoms with van der Waals surface area (Å²) < 4.78 is 1.27. The second-order valence-electron chi connectivity index (χ2n) is 5.92. The summed E-state index contributed by atoms with van der Waals surface area (Å²) in [7, 11) is 0. The number of rotatable bonds is 0. The van der Waals surface area contributed by atoms with Crippen molar-refractivity contribution < 1.29 is 0 Å². The molecule has 1 aromatic carbocycles. The average molecular weight is 280 g/mol. The Morgan fingerprint density at radius 3 is 2.19 bits per heavy atom. The molecule has 0 spiro atoms. The molecule has 2 heteroatoms. The van der Waals surface area contributed by atoms with Gasteiger partial charge in [-0.2, -0.15) is 0 Å². The Morgan fingerprint density at radius 1 is 1.12 bits per heavy atom. The quantitative estimate of drug-likeness (QED) is 0.660. The van der Waals surface area contributed by atoms with E-state index in [2.05, 4.69) is 79.4 Å². The predicted octanol–water partition coefficient (Wildman–Crippen LogP) is 2.68. The van der Waals surface area contributed by atoms with Crippen LogP contribution in [0.4, 0.5) is 0 Å². The zero-order valence-electron chi connectivity index (χ0n) is 10.7. The van der Waals surface area contributed by atoms with E-state index >= 15 is 0 Å². The van der Waals surface area contributed by atoms with Gasteiger partial charge >= 0.3 is 106 Å². The number of hydrogen-bond donors (Lipinski definition) is 0. The molecule has 0 atom stereocenters. The Kier molecular flexibility index (Phi) is 2.56. The molecule has 0 fully saturated rings. The third kappa shape index (κ3) is 1.56. The molecule has 0 saturated heterocycles. The van der Waals surface area contributed by atoms with E-state index in [1.807, 2.05) is 0 Å². The van der Waals surface area contributed by atoms with E-state index in [4.69, 9.17) is 0 Å². The van der Waals surface area contributed by atoms with E-state index in [1.165, 1.54) is 15.7 Å². The van der Waals surface area contributed by atoms with Crippen molar-refractivity contribution in [3.63, 3.8) is 0 Å². The van der Waals surface area contributed by atoms with Crippen molar-refractivity contribution in [3.05, 3.63) is 35.4 Å². The fourth-order valence-corrected chi connectivity index (χ4v) is 4.27. The van der Waals surface area contributed by atoms with E-state index in [9.17, 15) is 0 Å². The topological polar surface area (TPSA) is 3.24 Å². The molecule has 86 valence electrons. The second kappa shape index (κ2) is 3.45. The van der Waals surface area contributed by atoms with Gasteiger partial charge in [-0.3, -0.25) is 0 Å². The molecule has 0 amide bonds. The van der Waals surface area contributed by atoms with E-state index in [1.54, 1.807) is 0 Å². The molecule has 0 saturated carbocycles. The van der Waals surface area contributed by atoms with E-state index < -0.39 is 0 Å². The van der Waals surface area contributed by atoms with Crippen LogP contribution in [0.2, 0.25) is 0 Å². The Morgan fingerprint density at radius 2 is 1.69 bits per heavy atom. The number of hydrogen-bond acceptors (Lipinski definition) is 1. The zero-order valence-corrected chi connectivity index (χ0v) is 12.4. The van der Waals surface area contributed by atoms with Gasteiger partial charge < -0.3 is 0 Å². The van der Waals surface area contributed by atoms with Crippen LogP contribution in [0.5, 0.6) is 0 Å². The van der Waals surface area contributed by atoms with E-state index in [-0.39, 0.29) is 11.1 Å². The van der Waals surface area contributed by atoms with Crippen molar-refractivity contribution in [3.8, 4) is 0 Å². The first-order valence-electron chi connectivity index (χ1n) is 5.70. The summed E-state index contributed by atoms with van der Waals surface area (Å²) in [6, 6.07) is 8.67. The Labute approximate surface area is 106 Å². The van der Waals surface area contributed by atoms with Crippen LogP contribution in [0.25, 0.3) is 0 Å². The van der Waals surface area contributed by atoms with Crippen molar-refractivity contribution in [1.82, 2.24) is 4.90 Å². The summed E-state index contributed by atoms with van der Waals surface area (Å²) >= 11 is 3.25.